The van der Waals surface area contributed by atoms with Gasteiger partial charge in [-0.05, 0) is 48.6 Å². The van der Waals surface area contributed by atoms with Crippen LogP contribution in [0.4, 0.5) is 13.2 Å². The highest BCUT2D eigenvalue weighted by atomic mass is 19.3. The largest absolute Gasteiger partial charge is 0.496 e. The number of hydrogen-bond donors (Lipinski definition) is 0. The van der Waals surface area contributed by atoms with E-state index in [1.54, 1.807) is 23.0 Å². The monoisotopic (exact) mass is 455 g/mol. The van der Waals surface area contributed by atoms with E-state index in [4.69, 9.17) is 4.74 Å². The molecular weight excluding hydrogens is 435 g/mol. The third-order valence-corrected chi connectivity index (χ3v) is 6.41. The van der Waals surface area contributed by atoms with Crippen LogP contribution >= 0.6 is 0 Å². The summed E-state index contributed by atoms with van der Waals surface area (Å²) >= 11 is 0. The van der Waals surface area contributed by atoms with Gasteiger partial charge >= 0.3 is 6.61 Å². The predicted octanol–water partition coefficient (Wildman–Crippen LogP) is 5.10. The van der Waals surface area contributed by atoms with Crippen LogP contribution in [-0.4, -0.2) is 35.3 Å². The molecule has 0 spiro atoms. The van der Waals surface area contributed by atoms with E-state index in [2.05, 4.69) is 15.9 Å². The van der Waals surface area contributed by atoms with Crippen molar-refractivity contribution in [3.05, 3.63) is 47.8 Å². The number of alkyl halides is 3. The molecule has 1 aromatic carbocycles. The van der Waals surface area contributed by atoms with Crippen molar-refractivity contribution in [1.29, 1.82) is 5.26 Å². The van der Waals surface area contributed by atoms with Crippen LogP contribution in [0.1, 0.15) is 41.6 Å². The Morgan fingerprint density at radius 2 is 2.06 bits per heavy atom. The van der Waals surface area contributed by atoms with E-state index < -0.39 is 29.9 Å². The molecule has 33 heavy (non-hydrogen) atoms. The third kappa shape index (κ3) is 3.80. The lowest BCUT2D eigenvalue weighted by molar-refractivity contribution is -0.0502. The molecule has 2 fully saturated rings. The van der Waals surface area contributed by atoms with Gasteiger partial charge < -0.3 is 9.47 Å². The van der Waals surface area contributed by atoms with Crippen LogP contribution < -0.4 is 9.47 Å². The molecule has 6 nitrogen and oxygen atoms in total. The number of aromatic nitrogens is 2. The molecule has 0 aliphatic heterocycles. The van der Waals surface area contributed by atoms with Crippen LogP contribution in [0.2, 0.25) is 0 Å². The SMILES string of the molecule is COc1cc(-c2cnn3cc(C4(C#N)CC4)ccc23)cc(OC(F)F)c1C(=O)C[C@@H]1C[C@@H]1F. The molecule has 0 unspecified atom stereocenters. The molecule has 2 saturated carbocycles. The fourth-order valence-electron chi connectivity index (χ4n) is 4.21. The van der Waals surface area contributed by atoms with Crippen LogP contribution in [-0.2, 0) is 5.41 Å². The maximum Gasteiger partial charge on any atom is 0.387 e. The number of nitriles is 1. The smallest absolute Gasteiger partial charge is 0.387 e. The Morgan fingerprint density at radius 3 is 2.67 bits per heavy atom. The zero-order chi connectivity index (χ0) is 23.3. The van der Waals surface area contributed by atoms with Crippen molar-refractivity contribution in [2.45, 2.75) is 43.9 Å². The van der Waals surface area contributed by atoms with Gasteiger partial charge in [0.05, 0.1) is 30.3 Å². The van der Waals surface area contributed by atoms with Crippen molar-refractivity contribution < 1.29 is 27.4 Å². The lowest BCUT2D eigenvalue weighted by Crippen LogP contribution is -2.11. The first kappa shape index (κ1) is 21.3. The predicted molar refractivity (Wildman–Crippen MR) is 112 cm³/mol. The van der Waals surface area contributed by atoms with Gasteiger partial charge in [0.15, 0.2) is 5.78 Å². The number of nitrogens with zero attached hydrogens (tertiary/aromatic N) is 3. The van der Waals surface area contributed by atoms with Crippen LogP contribution in [0.3, 0.4) is 0 Å². The quantitative estimate of drug-likeness (QED) is 0.442. The van der Waals surface area contributed by atoms with Gasteiger partial charge in [-0.25, -0.2) is 8.91 Å². The second-order valence-corrected chi connectivity index (χ2v) is 8.57. The third-order valence-electron chi connectivity index (χ3n) is 6.41. The van der Waals surface area contributed by atoms with Crippen molar-refractivity contribution in [3.8, 4) is 28.7 Å². The molecule has 3 aromatic rings. The molecule has 0 amide bonds. The van der Waals surface area contributed by atoms with Gasteiger partial charge in [-0.2, -0.15) is 19.1 Å². The Morgan fingerprint density at radius 1 is 1.33 bits per heavy atom. The molecule has 2 heterocycles. The summed E-state index contributed by atoms with van der Waals surface area (Å²) in [6.07, 6.45) is 4.11. The second kappa shape index (κ2) is 7.80. The molecule has 0 radical (unpaired) electrons. The van der Waals surface area contributed by atoms with Gasteiger partial charge in [-0.15, -0.1) is 0 Å². The van der Waals surface area contributed by atoms with Crippen LogP contribution in [0.5, 0.6) is 11.5 Å². The first-order valence-electron chi connectivity index (χ1n) is 10.6. The van der Waals surface area contributed by atoms with Gasteiger partial charge in [0, 0.05) is 24.1 Å². The number of Topliss-reactive ketones (excluding diaryl/α,β-unsaturated/α-hetero) is 1. The highest BCUT2D eigenvalue weighted by Crippen LogP contribution is 2.48. The number of carbonyl (C=O) groups is 1. The summed E-state index contributed by atoms with van der Waals surface area (Å²) in [4.78, 5) is 12.8. The molecule has 2 aromatic heterocycles. The Bertz CT molecular complexity index is 1290. The van der Waals surface area contributed by atoms with E-state index in [9.17, 15) is 23.2 Å². The highest BCUT2D eigenvalue weighted by molar-refractivity contribution is 6.03. The van der Waals surface area contributed by atoms with Crippen LogP contribution in [0.25, 0.3) is 16.6 Å². The Labute approximate surface area is 187 Å². The van der Waals surface area contributed by atoms with Gasteiger partial charge in [0.1, 0.15) is 23.2 Å². The Kier molecular flexibility index (Phi) is 5.04. The Balaban J connectivity index is 1.57. The zero-order valence-corrected chi connectivity index (χ0v) is 17.7. The summed E-state index contributed by atoms with van der Waals surface area (Å²) in [5, 5.41) is 13.8. The normalized spacial score (nSPS) is 20.5. The molecule has 0 N–H and O–H groups in total. The number of hydrogen-bond acceptors (Lipinski definition) is 5. The molecule has 0 bridgehead atoms. The number of ether oxygens (including phenoxy) is 2. The average molecular weight is 455 g/mol. The molecule has 170 valence electrons. The topological polar surface area (TPSA) is 76.6 Å². The second-order valence-electron chi connectivity index (χ2n) is 8.57. The number of methoxy groups -OCH3 is 1. The summed E-state index contributed by atoms with van der Waals surface area (Å²) in [6.45, 7) is -3.15. The summed E-state index contributed by atoms with van der Waals surface area (Å²) < 4.78 is 51.3. The average Bonchev–Trinajstić information content (AvgIpc) is 3.69. The van der Waals surface area contributed by atoms with Crippen LogP contribution in [0, 0.1) is 17.2 Å². The molecule has 2 atom stereocenters. The maximum atomic E-state index is 13.3. The van der Waals surface area contributed by atoms with Gasteiger partial charge in [0.2, 0.25) is 0 Å². The molecule has 2 aliphatic carbocycles. The summed E-state index contributed by atoms with van der Waals surface area (Å²) in [5.74, 6) is -1.16. The van der Waals surface area contributed by atoms with E-state index >= 15 is 0 Å². The molecule has 5 rings (SSSR count). The van der Waals surface area contributed by atoms with E-state index in [0.717, 1.165) is 18.4 Å². The summed E-state index contributed by atoms with van der Waals surface area (Å²) in [5.41, 5.74) is 2.06. The number of pyridine rings is 1. The number of benzene rings is 1. The van der Waals surface area contributed by atoms with Gasteiger partial charge in [0.25, 0.3) is 0 Å². The van der Waals surface area contributed by atoms with E-state index in [-0.39, 0.29) is 29.9 Å². The molecular formula is C24H20F3N3O3. The minimum Gasteiger partial charge on any atom is -0.496 e. The molecule has 0 saturated heterocycles. The summed E-state index contributed by atoms with van der Waals surface area (Å²) in [6, 6.07) is 8.95. The van der Waals surface area contributed by atoms with Crippen molar-refractivity contribution >= 4 is 11.3 Å². The standard InChI is InChI=1S/C24H20F3N3O3/c1-32-20-8-13(9-21(33-23(26)27)22(20)19(31)7-14-6-17(14)25)16-10-29-30-11-15(2-3-18(16)30)24(12-28)4-5-24/h2-3,8-11,14,17,23H,4-7H2,1H3/t14-,17-/m0/s1. The maximum absolute atomic E-state index is 13.3. The minimum absolute atomic E-state index is 0.0709. The van der Waals surface area contributed by atoms with Crippen molar-refractivity contribution in [1.82, 2.24) is 9.61 Å². The van der Waals surface area contributed by atoms with E-state index in [0.29, 0.717) is 16.6 Å². The first-order chi connectivity index (χ1) is 15.8. The number of rotatable bonds is 8. The first-order valence-corrected chi connectivity index (χ1v) is 10.6. The van der Waals surface area contributed by atoms with Gasteiger partial charge in [-0.3, -0.25) is 4.79 Å². The number of halogens is 3. The van der Waals surface area contributed by atoms with Crippen molar-refractivity contribution in [3.63, 3.8) is 0 Å². The fraction of sp³-hybridized carbons (Fsp3) is 0.375. The lowest BCUT2D eigenvalue weighted by Gasteiger charge is -2.16. The highest BCUT2D eigenvalue weighted by Gasteiger charge is 2.45. The van der Waals surface area contributed by atoms with E-state index in [1.165, 1.54) is 13.2 Å². The zero-order valence-electron chi connectivity index (χ0n) is 17.7. The number of carbonyl (C=O) groups excluding carboxylic acids is 1. The molecule has 2 aliphatic rings. The van der Waals surface area contributed by atoms with E-state index in [1.807, 2.05) is 12.1 Å². The lowest BCUT2D eigenvalue weighted by atomic mass is 9.97. The fourth-order valence-corrected chi connectivity index (χ4v) is 4.21. The minimum atomic E-state index is -3.15. The Hall–Kier alpha value is -3.54. The van der Waals surface area contributed by atoms with Gasteiger partial charge in [-0.1, -0.05) is 6.07 Å². The van der Waals surface area contributed by atoms with Crippen molar-refractivity contribution in [2.75, 3.05) is 7.11 Å². The molecule has 9 heteroatoms. The van der Waals surface area contributed by atoms with Crippen LogP contribution in [0.15, 0.2) is 36.7 Å². The number of ketones is 1. The van der Waals surface area contributed by atoms with Crippen molar-refractivity contribution in [2.24, 2.45) is 5.92 Å². The summed E-state index contributed by atoms with van der Waals surface area (Å²) in [7, 11) is 1.33. The number of fused-ring (bicyclic) bond motifs is 1.